The Hall–Kier alpha value is -12.7. The summed E-state index contributed by atoms with van der Waals surface area (Å²) in [6.45, 7) is 14.2. The largest absolute Gasteiger partial charge is 0.481 e. The van der Waals surface area contributed by atoms with Crippen LogP contribution in [0.4, 0.5) is 9.59 Å². The van der Waals surface area contributed by atoms with Crippen molar-refractivity contribution in [3.8, 4) is 0 Å². The van der Waals surface area contributed by atoms with Crippen LogP contribution in [0.2, 0.25) is 2.82 Å². The van der Waals surface area contributed by atoms with Gasteiger partial charge in [-0.3, -0.25) is 47.9 Å². The Labute approximate surface area is 810 Å². The van der Waals surface area contributed by atoms with Crippen LogP contribution in [0, 0.1) is 47.3 Å². The number of hydrogen-bond acceptors (Lipinski definition) is 18. The first-order valence-electron chi connectivity index (χ1n) is 49.5. The third kappa shape index (κ3) is 40.5. The molecule has 0 heterocycles. The second kappa shape index (κ2) is 58.8. The molecule has 0 aromatic heterocycles. The van der Waals surface area contributed by atoms with E-state index in [0.717, 1.165) is 69.5 Å². The number of carbonyl (C=O) groups is 16. The minimum Gasteiger partial charge on any atom is -0.481 e. The first kappa shape index (κ1) is 109. The number of ketones is 2. The Balaban J connectivity index is 0.000000381. The first-order valence-corrected chi connectivity index (χ1v) is 48.5. The zero-order chi connectivity index (χ0) is 102. The number of nitrogens with two attached hydrogens (primary N) is 2. The average Bonchev–Trinajstić information content (AvgIpc) is 0.829. The molecule has 0 spiro atoms. The molecule has 2 aliphatic carbocycles. The van der Waals surface area contributed by atoms with Gasteiger partial charge in [0.15, 0.2) is 0 Å². The predicted molar refractivity (Wildman–Crippen MR) is 522 cm³/mol. The number of hydrogen-bond donors (Lipinski definition) is 18. The summed E-state index contributed by atoms with van der Waals surface area (Å²) < 4.78 is 15.5. The topological polar surface area (TPSA) is 567 Å². The van der Waals surface area contributed by atoms with Gasteiger partial charge in [0.05, 0.1) is 23.9 Å². The molecule has 752 valence electrons. The minimum absolute atomic E-state index is 0.00459. The summed E-state index contributed by atoms with van der Waals surface area (Å²) in [7, 11) is 0. The fourth-order valence-corrected chi connectivity index (χ4v) is 17.4. The van der Waals surface area contributed by atoms with Crippen molar-refractivity contribution in [3.63, 3.8) is 0 Å². The maximum Gasteiger partial charge on any atom is 0.326 e. The molecule has 0 saturated heterocycles. The van der Waals surface area contributed by atoms with E-state index in [1.165, 1.54) is 11.1 Å². The molecule has 2 aliphatic rings. The van der Waals surface area contributed by atoms with Crippen molar-refractivity contribution in [1.82, 2.24) is 53.2 Å². The van der Waals surface area contributed by atoms with E-state index < -0.39 is 109 Å². The van der Waals surface area contributed by atoms with Crippen LogP contribution in [0.3, 0.4) is 0 Å². The fourth-order valence-electron chi connectivity index (χ4n) is 17.4. The van der Waals surface area contributed by atoms with Crippen LogP contribution in [0.5, 0.6) is 0 Å². The lowest BCUT2D eigenvalue weighted by atomic mass is 9.77. The van der Waals surface area contributed by atoms with Gasteiger partial charge in [-0.1, -0.05) is 161 Å². The highest BCUT2D eigenvalue weighted by Gasteiger charge is 2.35. The highest BCUT2D eigenvalue weighted by atomic mass is 16.4. The van der Waals surface area contributed by atoms with Crippen LogP contribution in [0.25, 0.3) is 21.5 Å². The van der Waals surface area contributed by atoms with Crippen LogP contribution in [-0.4, -0.2) is 201 Å². The van der Waals surface area contributed by atoms with Crippen molar-refractivity contribution < 1.29 is 110 Å². The first-order chi connectivity index (χ1) is 66.9. The summed E-state index contributed by atoms with van der Waals surface area (Å²) in [5.74, 6) is -10.7. The summed E-state index contributed by atoms with van der Waals surface area (Å²) in [6, 6.07) is 34.3. The summed E-state index contributed by atoms with van der Waals surface area (Å²) >= 11 is 0. The van der Waals surface area contributed by atoms with Crippen molar-refractivity contribution in [1.29, 1.82) is 0 Å². The monoisotopic (exact) mass is 1920 g/mol. The van der Waals surface area contributed by atoms with E-state index in [0.29, 0.717) is 115 Å². The normalized spacial score (nSPS) is 17.0. The van der Waals surface area contributed by atoms with Crippen molar-refractivity contribution in [2.45, 2.75) is 269 Å². The summed E-state index contributed by atoms with van der Waals surface area (Å²) in [5, 5.41) is 86.0. The molecule has 8 rings (SSSR count). The number of rotatable bonds is 60. The van der Waals surface area contributed by atoms with E-state index in [2.05, 4.69) is 104 Å². The number of benzene rings is 6. The SMILES string of the molecule is [2H]NC(CCCCNC(=O)C(C)c1ccc(CC(C)C)cc1)C(=O)NCC1CCC(C(=O)CC(Cc2ccc3ccccc3c2)C(=O)NCCCCC(NC(=O)NC(CCC(=O)O)C(=O)O)C(=O)O)CC1.[2H]NC(CCNC(=O)C(C)c1ccc(CC(C)C)cc1)C(=O)NCC1CCC(C(=O)CC(Cc2ccc3ccccc3c2)C(=O)NCCCCC(NC(=O)NC(CCC(=O)O)C(=O)O)C(=O)O)CC1. The maximum atomic E-state index is 13.9. The Bertz CT molecular complexity index is 5090. The fraction of sp³-hybridized carbons (Fsp3) is 0.538. The molecule has 20 N–H and O–H groups in total. The molecule has 6 aromatic carbocycles. The minimum atomic E-state index is -1.53. The number of carbonyl (C=O) groups excluding carboxylic acids is 10. The van der Waals surface area contributed by atoms with Gasteiger partial charge in [-0.2, -0.15) is 0 Å². The average molecular weight is 1920 g/mol. The lowest BCUT2D eigenvalue weighted by molar-refractivity contribution is -0.142. The van der Waals surface area contributed by atoms with Crippen LogP contribution >= 0.6 is 0 Å². The van der Waals surface area contributed by atoms with E-state index in [-0.39, 0.29) is 160 Å². The van der Waals surface area contributed by atoms with Crippen molar-refractivity contribution in [3.05, 3.63) is 167 Å². The lowest BCUT2D eigenvalue weighted by Gasteiger charge is -2.29. The van der Waals surface area contributed by atoms with Gasteiger partial charge < -0.3 is 95.3 Å². The molecule has 34 heteroatoms. The van der Waals surface area contributed by atoms with Crippen LogP contribution in [-0.2, 0) is 92.8 Å². The lowest BCUT2D eigenvalue weighted by Crippen LogP contribution is -2.51. The van der Waals surface area contributed by atoms with Crippen LogP contribution in [0.1, 0.15) is 241 Å². The number of carboxylic acid groups (broad SMARTS) is 6. The molecule has 2 saturated carbocycles. The van der Waals surface area contributed by atoms with Crippen LogP contribution in [0.15, 0.2) is 133 Å². The summed E-state index contributed by atoms with van der Waals surface area (Å²) in [5.41, 5.74) is 10.8. The molecule has 0 radical (unpaired) electrons. The number of aliphatic carboxylic acids is 6. The molecule has 138 heavy (non-hydrogen) atoms. The predicted octanol–water partition coefficient (Wildman–Crippen LogP) is 10.9. The Kier molecular flexibility index (Phi) is 46.4. The highest BCUT2D eigenvalue weighted by Crippen LogP contribution is 2.34. The molecular weight excluding hydrogens is 1770 g/mol. The molecule has 10 amide bonds. The number of carboxylic acids is 6. The van der Waals surface area contributed by atoms with E-state index in [1.807, 2.05) is 135 Å². The van der Waals surface area contributed by atoms with Crippen molar-refractivity contribution >= 4 is 116 Å². The Morgan fingerprint density at radius 3 is 0.993 bits per heavy atom. The van der Waals surface area contributed by atoms with Crippen molar-refractivity contribution in [2.24, 2.45) is 58.8 Å². The molecule has 10 unspecified atom stereocenters. The zero-order valence-corrected chi connectivity index (χ0v) is 80.2. The smallest absolute Gasteiger partial charge is 0.326 e. The van der Waals surface area contributed by atoms with Gasteiger partial charge in [0.25, 0.3) is 0 Å². The Morgan fingerprint density at radius 2 is 0.652 bits per heavy atom. The van der Waals surface area contributed by atoms with Gasteiger partial charge in [-0.25, -0.2) is 28.8 Å². The second-order valence-electron chi connectivity index (χ2n) is 37.8. The number of nitrogens with one attached hydrogen (secondary N) is 10. The third-order valence-electron chi connectivity index (χ3n) is 25.7. The van der Waals surface area contributed by atoms with E-state index in [4.69, 9.17) is 13.0 Å². The van der Waals surface area contributed by atoms with E-state index in [9.17, 15) is 97.1 Å². The highest BCUT2D eigenvalue weighted by molar-refractivity contribution is 5.92. The van der Waals surface area contributed by atoms with Gasteiger partial charge in [0.1, 0.15) is 38.6 Å². The van der Waals surface area contributed by atoms with E-state index >= 15 is 0 Å². The zero-order valence-electron chi connectivity index (χ0n) is 82.2. The molecule has 34 nitrogen and oxygen atoms in total. The quantitative estimate of drug-likeness (QED) is 0.0158. The number of Topliss-reactive ketones (excluding diaryl/α,β-unsaturated/α-hetero) is 2. The van der Waals surface area contributed by atoms with Gasteiger partial charge in [0, 0.05) is 88.6 Å². The van der Waals surface area contributed by atoms with Crippen LogP contribution < -0.4 is 64.6 Å². The number of urea groups is 2. The molecule has 0 bridgehead atoms. The molecule has 6 aromatic rings. The summed E-state index contributed by atoms with van der Waals surface area (Å²) in [6.07, 6.45) is 9.24. The number of fused-ring (bicyclic) bond motifs is 2. The third-order valence-corrected chi connectivity index (χ3v) is 25.7. The summed E-state index contributed by atoms with van der Waals surface area (Å²) in [4.78, 5) is 200. The van der Waals surface area contributed by atoms with E-state index in [1.54, 1.807) is 0 Å². The van der Waals surface area contributed by atoms with Gasteiger partial charge in [-0.05, 0) is 247 Å². The van der Waals surface area contributed by atoms with Gasteiger partial charge in [0.2, 0.25) is 35.4 Å². The molecule has 2 fully saturated rings. The van der Waals surface area contributed by atoms with Crippen molar-refractivity contribution in [2.75, 3.05) is 39.3 Å². The molecular formula is C104H144N12O22. The maximum absolute atomic E-state index is 13.9. The molecule has 0 aliphatic heterocycles. The standard InChI is InChI=1S/C53H74N6O11.C51H70N6O11/c1-33(2)28-35-14-19-38(20-15-35)34(3)48(63)55-26-8-6-12-43(54)50(65)57-32-36-16-22-40(23-17-36)46(60)31-42(30-37-18-21-39-10-4-5-11-41(39)29-37)49(64)56-27-9-7-13-44(51(66)67)58-53(70)59-45(52(68)69)24-25-47(61)62;1-31(2)26-33-11-16-36(17-12-33)32(3)46(61)54-25-23-41(52)48(63)55-30-34-13-19-38(20-14-34)44(58)29-40(28-35-15-18-37-8-4-5-9-39(37)27-35)47(62)53-24-7-6-10-42(49(64)65)56-51(68)57-43(50(66)67)21-22-45(59)60/h4-5,10-11,14-15,18-21,29,33-34,36,40,42-45H,6-9,12-13,16-17,22-28,30-32,54H2,1-3H3,(H,55,63)(H,56,64)(H,57,65)(H,61,62)(H,66,67)(H,68,69)(H2,58,59,70);4-5,8-9,11-12,15-18,27,31-32,34,38,40-43H,6-7,10,13-14,19-26,28-30,52H2,1-3H3,(H,53,62)(H,54,61)(H,55,63)(H,59,60)(H,64,65)(H,66,67)(H2,56,57,68)/i/hD2. The van der Waals surface area contributed by atoms with Gasteiger partial charge in [-0.15, -0.1) is 0 Å². The number of unbranched alkanes of at least 4 members (excludes halogenated alkanes) is 3. The van der Waals surface area contributed by atoms with Gasteiger partial charge >= 0.3 is 47.9 Å². The molecule has 10 atom stereocenters. The number of amides is 10. The Morgan fingerprint density at radius 1 is 0.333 bits per heavy atom. The second-order valence-corrected chi connectivity index (χ2v) is 37.8.